The van der Waals surface area contributed by atoms with Gasteiger partial charge in [0.1, 0.15) is 0 Å². The van der Waals surface area contributed by atoms with Crippen LogP contribution in [-0.4, -0.2) is 24.6 Å². The fourth-order valence-corrected chi connectivity index (χ4v) is 4.21. The first-order chi connectivity index (χ1) is 11.9. The standard InChI is InChI=1S/C19H19O5P/c1-3-24-25(21,22)12-15-5-4-6-18-16-10-8-14(19(20)23-2)11-13(16)7-9-17(15)18/h4-11H,3,12H2,1-2H3,(H,21,22). The molecule has 0 heterocycles. The molecule has 0 amide bonds. The Bertz CT molecular complexity index is 996. The van der Waals surface area contributed by atoms with Crippen molar-refractivity contribution in [2.75, 3.05) is 13.7 Å². The molecule has 3 aromatic rings. The Morgan fingerprint density at radius 1 is 1.08 bits per heavy atom. The average Bonchev–Trinajstić information content (AvgIpc) is 2.60. The summed E-state index contributed by atoms with van der Waals surface area (Å²) in [5.74, 6) is -0.381. The zero-order valence-corrected chi connectivity index (χ0v) is 15.0. The van der Waals surface area contributed by atoms with Crippen molar-refractivity contribution in [3.8, 4) is 0 Å². The predicted molar refractivity (Wildman–Crippen MR) is 97.9 cm³/mol. The maximum atomic E-state index is 12.1. The van der Waals surface area contributed by atoms with E-state index in [1.54, 1.807) is 19.1 Å². The van der Waals surface area contributed by atoms with Crippen LogP contribution in [0.15, 0.2) is 48.5 Å². The third-order valence-corrected chi connectivity index (χ3v) is 5.49. The Morgan fingerprint density at radius 3 is 2.56 bits per heavy atom. The zero-order chi connectivity index (χ0) is 18.0. The van der Waals surface area contributed by atoms with Gasteiger partial charge in [0.25, 0.3) is 0 Å². The van der Waals surface area contributed by atoms with Crippen LogP contribution in [0.5, 0.6) is 0 Å². The Kier molecular flexibility index (Phi) is 4.91. The van der Waals surface area contributed by atoms with E-state index in [9.17, 15) is 14.3 Å². The molecule has 0 saturated carbocycles. The van der Waals surface area contributed by atoms with Crippen LogP contribution in [0.4, 0.5) is 0 Å². The van der Waals surface area contributed by atoms with Crippen molar-refractivity contribution in [1.82, 2.24) is 0 Å². The predicted octanol–water partition coefficient (Wildman–Crippen LogP) is 4.50. The molecule has 0 aliphatic rings. The minimum Gasteiger partial charge on any atom is -0.465 e. The maximum Gasteiger partial charge on any atom is 0.337 e. The SMILES string of the molecule is CCOP(=O)(O)Cc1cccc2c1ccc1cc(C(=O)OC)ccc12. The summed E-state index contributed by atoms with van der Waals surface area (Å²) in [5, 5.41) is 3.73. The van der Waals surface area contributed by atoms with E-state index in [1.807, 2.05) is 36.4 Å². The Morgan fingerprint density at radius 2 is 1.84 bits per heavy atom. The van der Waals surface area contributed by atoms with Crippen LogP contribution in [0.2, 0.25) is 0 Å². The fourth-order valence-electron chi connectivity index (χ4n) is 3.01. The van der Waals surface area contributed by atoms with Gasteiger partial charge < -0.3 is 14.2 Å². The van der Waals surface area contributed by atoms with E-state index in [2.05, 4.69) is 0 Å². The molecule has 5 nitrogen and oxygen atoms in total. The molecule has 0 radical (unpaired) electrons. The van der Waals surface area contributed by atoms with Gasteiger partial charge in [-0.1, -0.05) is 36.4 Å². The molecule has 0 bridgehead atoms. The monoisotopic (exact) mass is 358 g/mol. The largest absolute Gasteiger partial charge is 0.465 e. The molecule has 0 fully saturated rings. The van der Waals surface area contributed by atoms with Crippen LogP contribution in [0.1, 0.15) is 22.8 Å². The summed E-state index contributed by atoms with van der Waals surface area (Å²) in [6.07, 6.45) is -0.0378. The van der Waals surface area contributed by atoms with Gasteiger partial charge in [0.05, 0.1) is 25.4 Å². The number of carbonyl (C=O) groups is 1. The van der Waals surface area contributed by atoms with E-state index in [4.69, 9.17) is 9.26 Å². The Labute approximate surface area is 145 Å². The number of methoxy groups -OCH3 is 1. The molecule has 1 atom stereocenters. The van der Waals surface area contributed by atoms with Crippen molar-refractivity contribution >= 4 is 35.1 Å². The van der Waals surface area contributed by atoms with Crippen LogP contribution in [0.25, 0.3) is 21.5 Å². The lowest BCUT2D eigenvalue weighted by Crippen LogP contribution is -2.00. The van der Waals surface area contributed by atoms with Crippen molar-refractivity contribution in [1.29, 1.82) is 0 Å². The van der Waals surface area contributed by atoms with E-state index in [0.717, 1.165) is 27.1 Å². The first-order valence-corrected chi connectivity index (χ1v) is 9.70. The Hall–Kier alpha value is -2.20. The minimum absolute atomic E-state index is 0.0378. The first-order valence-electron chi connectivity index (χ1n) is 7.94. The van der Waals surface area contributed by atoms with Crippen LogP contribution in [0, 0.1) is 0 Å². The number of esters is 1. The number of hydrogen-bond acceptors (Lipinski definition) is 4. The van der Waals surface area contributed by atoms with E-state index in [0.29, 0.717) is 5.56 Å². The number of ether oxygens (including phenoxy) is 1. The van der Waals surface area contributed by atoms with E-state index >= 15 is 0 Å². The maximum absolute atomic E-state index is 12.1. The van der Waals surface area contributed by atoms with Crippen molar-refractivity contribution in [3.63, 3.8) is 0 Å². The minimum atomic E-state index is -3.67. The smallest absolute Gasteiger partial charge is 0.337 e. The van der Waals surface area contributed by atoms with Gasteiger partial charge in [0.2, 0.25) is 0 Å². The summed E-state index contributed by atoms with van der Waals surface area (Å²) in [6, 6.07) is 14.8. The molecular weight excluding hydrogens is 339 g/mol. The summed E-state index contributed by atoms with van der Waals surface area (Å²) < 4.78 is 21.9. The van der Waals surface area contributed by atoms with Gasteiger partial charge in [-0.2, -0.15) is 0 Å². The highest BCUT2D eigenvalue weighted by Gasteiger charge is 2.20. The highest BCUT2D eigenvalue weighted by molar-refractivity contribution is 7.52. The lowest BCUT2D eigenvalue weighted by atomic mass is 9.98. The molecular formula is C19H19O5P. The second-order valence-electron chi connectivity index (χ2n) is 5.72. The molecule has 3 rings (SSSR count). The quantitative estimate of drug-likeness (QED) is 0.413. The van der Waals surface area contributed by atoms with E-state index < -0.39 is 7.60 Å². The molecule has 0 spiro atoms. The third-order valence-electron chi connectivity index (χ3n) is 4.09. The van der Waals surface area contributed by atoms with Gasteiger partial charge in [0.15, 0.2) is 0 Å². The molecule has 130 valence electrons. The lowest BCUT2D eigenvalue weighted by Gasteiger charge is -2.13. The van der Waals surface area contributed by atoms with Crippen LogP contribution in [-0.2, 0) is 20.0 Å². The number of carbonyl (C=O) groups excluding carboxylic acids is 1. The zero-order valence-electron chi connectivity index (χ0n) is 14.1. The second-order valence-corrected chi connectivity index (χ2v) is 7.57. The summed E-state index contributed by atoms with van der Waals surface area (Å²) in [6.45, 7) is 1.89. The Balaban J connectivity index is 2.13. The van der Waals surface area contributed by atoms with Crippen LogP contribution >= 0.6 is 7.60 Å². The van der Waals surface area contributed by atoms with Gasteiger partial charge in [-0.25, -0.2) is 4.79 Å². The lowest BCUT2D eigenvalue weighted by molar-refractivity contribution is 0.0601. The van der Waals surface area contributed by atoms with E-state index in [1.165, 1.54) is 7.11 Å². The molecule has 1 N–H and O–H groups in total. The molecule has 1 unspecified atom stereocenters. The number of benzene rings is 3. The molecule has 0 aromatic heterocycles. The van der Waals surface area contributed by atoms with E-state index in [-0.39, 0.29) is 18.7 Å². The molecule has 0 aliphatic heterocycles. The highest BCUT2D eigenvalue weighted by atomic mass is 31.2. The normalized spacial score (nSPS) is 13.7. The first kappa shape index (κ1) is 17.6. The van der Waals surface area contributed by atoms with Crippen molar-refractivity contribution in [2.24, 2.45) is 0 Å². The number of hydrogen-bond donors (Lipinski definition) is 1. The van der Waals surface area contributed by atoms with Crippen LogP contribution < -0.4 is 0 Å². The average molecular weight is 358 g/mol. The fraction of sp³-hybridized carbons (Fsp3) is 0.211. The van der Waals surface area contributed by atoms with Crippen molar-refractivity contribution in [3.05, 3.63) is 59.7 Å². The molecule has 25 heavy (non-hydrogen) atoms. The van der Waals surface area contributed by atoms with Gasteiger partial charge >= 0.3 is 13.6 Å². The molecule has 0 saturated heterocycles. The van der Waals surface area contributed by atoms with Gasteiger partial charge in [-0.15, -0.1) is 0 Å². The second kappa shape index (κ2) is 6.96. The summed E-state index contributed by atoms with van der Waals surface area (Å²) in [4.78, 5) is 21.6. The molecule has 3 aromatic carbocycles. The van der Waals surface area contributed by atoms with Gasteiger partial charge in [-0.05, 0) is 46.2 Å². The van der Waals surface area contributed by atoms with Crippen LogP contribution in [0.3, 0.4) is 0 Å². The summed E-state index contributed by atoms with van der Waals surface area (Å²) in [7, 11) is -2.31. The van der Waals surface area contributed by atoms with Gasteiger partial charge in [0, 0.05) is 0 Å². The van der Waals surface area contributed by atoms with Crippen molar-refractivity contribution in [2.45, 2.75) is 13.1 Å². The molecule has 6 heteroatoms. The van der Waals surface area contributed by atoms with Gasteiger partial charge in [-0.3, -0.25) is 4.57 Å². The highest BCUT2D eigenvalue weighted by Crippen LogP contribution is 2.46. The third kappa shape index (κ3) is 3.59. The van der Waals surface area contributed by atoms with Crippen molar-refractivity contribution < 1.29 is 23.5 Å². The topological polar surface area (TPSA) is 72.8 Å². The number of fused-ring (bicyclic) bond motifs is 3. The number of rotatable bonds is 5. The summed E-state index contributed by atoms with van der Waals surface area (Å²) in [5.41, 5.74) is 1.25. The summed E-state index contributed by atoms with van der Waals surface area (Å²) >= 11 is 0. The molecule has 0 aliphatic carbocycles.